The number of esters is 1. The number of nitrogen functional groups attached to an aromatic ring is 1. The zero-order chi connectivity index (χ0) is 13.7. The van der Waals surface area contributed by atoms with Crippen LogP contribution in [0.25, 0.3) is 0 Å². The van der Waals surface area contributed by atoms with Crippen molar-refractivity contribution < 1.29 is 18.3 Å². The second kappa shape index (κ2) is 6.25. The maximum atomic E-state index is 12.9. The van der Waals surface area contributed by atoms with Crippen LogP contribution in [0.3, 0.4) is 0 Å². The van der Waals surface area contributed by atoms with E-state index in [4.69, 9.17) is 16.2 Å². The van der Waals surface area contributed by atoms with Gasteiger partial charge >= 0.3 is 5.97 Å². The Bertz CT molecular complexity index is 439. The SMILES string of the molecule is CCOC(=O)Cc1c(C(F)F)cc(N)nc1CN. The lowest BCUT2D eigenvalue weighted by Crippen LogP contribution is -2.15. The van der Waals surface area contributed by atoms with E-state index in [1.54, 1.807) is 6.92 Å². The predicted octanol–water partition coefficient (Wildman–Crippen LogP) is 1.17. The van der Waals surface area contributed by atoms with Crippen LogP contribution in [0.2, 0.25) is 0 Å². The van der Waals surface area contributed by atoms with Crippen LogP contribution in [-0.4, -0.2) is 17.6 Å². The maximum Gasteiger partial charge on any atom is 0.310 e. The van der Waals surface area contributed by atoms with Gasteiger partial charge in [-0.3, -0.25) is 4.79 Å². The average Bonchev–Trinajstić information content (AvgIpc) is 2.30. The molecule has 1 rings (SSSR count). The molecule has 0 unspecified atom stereocenters. The molecular weight excluding hydrogens is 244 g/mol. The van der Waals surface area contributed by atoms with E-state index in [9.17, 15) is 13.6 Å². The summed E-state index contributed by atoms with van der Waals surface area (Å²) < 4.78 is 30.5. The van der Waals surface area contributed by atoms with Crippen LogP contribution in [0.15, 0.2) is 6.07 Å². The fourth-order valence-electron chi connectivity index (χ4n) is 1.59. The van der Waals surface area contributed by atoms with Crippen molar-refractivity contribution in [2.24, 2.45) is 5.73 Å². The Balaban J connectivity index is 3.16. The largest absolute Gasteiger partial charge is 0.466 e. The summed E-state index contributed by atoms with van der Waals surface area (Å²) in [6, 6.07) is 1.05. The Kier molecular flexibility index (Phi) is 4.96. The van der Waals surface area contributed by atoms with Gasteiger partial charge in [-0.15, -0.1) is 0 Å². The van der Waals surface area contributed by atoms with E-state index in [1.807, 2.05) is 0 Å². The second-order valence-corrected chi connectivity index (χ2v) is 3.55. The summed E-state index contributed by atoms with van der Waals surface area (Å²) in [7, 11) is 0. The molecule has 7 heteroatoms. The van der Waals surface area contributed by atoms with Crippen LogP contribution in [0.5, 0.6) is 0 Å². The number of hydrogen-bond acceptors (Lipinski definition) is 5. The Hall–Kier alpha value is -1.76. The topological polar surface area (TPSA) is 91.2 Å². The van der Waals surface area contributed by atoms with Gasteiger partial charge in [-0.05, 0) is 18.6 Å². The van der Waals surface area contributed by atoms with E-state index in [0.29, 0.717) is 0 Å². The van der Waals surface area contributed by atoms with Gasteiger partial charge in [0.2, 0.25) is 0 Å². The molecule has 0 radical (unpaired) electrons. The van der Waals surface area contributed by atoms with Gasteiger partial charge in [-0.25, -0.2) is 13.8 Å². The third kappa shape index (κ3) is 3.36. The van der Waals surface area contributed by atoms with Crippen molar-refractivity contribution in [2.45, 2.75) is 26.3 Å². The molecule has 0 fully saturated rings. The first-order valence-corrected chi connectivity index (χ1v) is 5.41. The molecule has 0 saturated carbocycles. The molecule has 5 nitrogen and oxygen atoms in total. The Morgan fingerprint density at radius 3 is 2.72 bits per heavy atom. The number of aromatic nitrogens is 1. The van der Waals surface area contributed by atoms with E-state index in [2.05, 4.69) is 4.98 Å². The molecular formula is C11H15F2N3O2. The van der Waals surface area contributed by atoms with Gasteiger partial charge in [0.15, 0.2) is 0 Å². The normalized spacial score (nSPS) is 10.7. The molecule has 0 saturated heterocycles. The van der Waals surface area contributed by atoms with Gasteiger partial charge in [-0.2, -0.15) is 0 Å². The first-order valence-electron chi connectivity index (χ1n) is 5.41. The highest BCUT2D eigenvalue weighted by atomic mass is 19.3. The summed E-state index contributed by atoms with van der Waals surface area (Å²) in [5.41, 5.74) is 10.8. The molecule has 0 aliphatic carbocycles. The first-order chi connectivity index (χ1) is 8.49. The number of nitrogens with zero attached hydrogens (tertiary/aromatic N) is 1. The van der Waals surface area contributed by atoms with Gasteiger partial charge in [0.05, 0.1) is 18.7 Å². The van der Waals surface area contributed by atoms with E-state index in [1.165, 1.54) is 0 Å². The van der Waals surface area contributed by atoms with Crippen molar-refractivity contribution in [3.05, 3.63) is 22.9 Å². The number of alkyl halides is 2. The maximum absolute atomic E-state index is 12.9. The lowest BCUT2D eigenvalue weighted by Gasteiger charge is -2.13. The van der Waals surface area contributed by atoms with Crippen LogP contribution in [0, 0.1) is 0 Å². The fourth-order valence-corrected chi connectivity index (χ4v) is 1.59. The van der Waals surface area contributed by atoms with Crippen molar-refractivity contribution in [1.82, 2.24) is 4.98 Å². The standard InChI is InChI=1S/C11H15F2N3O2/c1-2-18-10(17)4-6-7(11(12)13)3-9(15)16-8(6)5-14/h3,11H,2,4-5,14H2,1H3,(H2,15,16). The molecule has 18 heavy (non-hydrogen) atoms. The minimum atomic E-state index is -2.75. The summed E-state index contributed by atoms with van der Waals surface area (Å²) in [5.74, 6) is -0.640. The number of carbonyl (C=O) groups is 1. The number of pyridine rings is 1. The number of hydrogen-bond donors (Lipinski definition) is 2. The molecule has 100 valence electrons. The third-order valence-electron chi connectivity index (χ3n) is 2.32. The highest BCUT2D eigenvalue weighted by molar-refractivity contribution is 5.73. The lowest BCUT2D eigenvalue weighted by molar-refractivity contribution is -0.142. The molecule has 0 atom stereocenters. The second-order valence-electron chi connectivity index (χ2n) is 3.55. The number of anilines is 1. The van der Waals surface area contributed by atoms with Gasteiger partial charge in [0.1, 0.15) is 5.82 Å². The van der Waals surface area contributed by atoms with Gasteiger partial charge < -0.3 is 16.2 Å². The highest BCUT2D eigenvalue weighted by Gasteiger charge is 2.20. The van der Waals surface area contributed by atoms with E-state index in [-0.39, 0.29) is 42.2 Å². The number of carbonyl (C=O) groups excluding carboxylic acids is 1. The molecule has 0 aliphatic rings. The molecule has 0 bridgehead atoms. The zero-order valence-corrected chi connectivity index (χ0v) is 9.95. The van der Waals surface area contributed by atoms with Crippen LogP contribution >= 0.6 is 0 Å². The molecule has 0 spiro atoms. The van der Waals surface area contributed by atoms with Gasteiger partial charge in [0, 0.05) is 12.1 Å². The summed E-state index contributed by atoms with van der Waals surface area (Å²) in [4.78, 5) is 15.2. The predicted molar refractivity (Wildman–Crippen MR) is 61.8 cm³/mol. The molecule has 0 aliphatic heterocycles. The summed E-state index contributed by atoms with van der Waals surface area (Å²) in [5, 5.41) is 0. The minimum absolute atomic E-state index is 0.0432. The highest BCUT2D eigenvalue weighted by Crippen LogP contribution is 2.27. The summed E-state index contributed by atoms with van der Waals surface area (Å²) in [6.07, 6.45) is -3.03. The van der Waals surface area contributed by atoms with Crippen LogP contribution in [-0.2, 0) is 22.5 Å². The average molecular weight is 259 g/mol. The molecule has 1 heterocycles. The van der Waals surface area contributed by atoms with Crippen LogP contribution < -0.4 is 11.5 Å². The van der Waals surface area contributed by atoms with Crippen molar-refractivity contribution >= 4 is 11.8 Å². The molecule has 1 aromatic heterocycles. The minimum Gasteiger partial charge on any atom is -0.466 e. The lowest BCUT2D eigenvalue weighted by atomic mass is 10.0. The number of rotatable bonds is 5. The van der Waals surface area contributed by atoms with E-state index in [0.717, 1.165) is 6.07 Å². The van der Waals surface area contributed by atoms with Crippen molar-refractivity contribution in [3.63, 3.8) is 0 Å². The first kappa shape index (κ1) is 14.3. The third-order valence-corrected chi connectivity index (χ3v) is 2.32. The monoisotopic (exact) mass is 259 g/mol. The van der Waals surface area contributed by atoms with Crippen molar-refractivity contribution in [2.75, 3.05) is 12.3 Å². The van der Waals surface area contributed by atoms with E-state index >= 15 is 0 Å². The van der Waals surface area contributed by atoms with E-state index < -0.39 is 12.4 Å². The molecule has 0 aromatic carbocycles. The van der Waals surface area contributed by atoms with Gasteiger partial charge in [-0.1, -0.05) is 0 Å². The number of ether oxygens (including phenoxy) is 1. The Labute approximate surface area is 103 Å². The quantitative estimate of drug-likeness (QED) is 0.774. The van der Waals surface area contributed by atoms with Crippen LogP contribution in [0.1, 0.15) is 30.2 Å². The smallest absolute Gasteiger partial charge is 0.310 e. The van der Waals surface area contributed by atoms with Gasteiger partial charge in [0.25, 0.3) is 6.43 Å². The van der Waals surface area contributed by atoms with Crippen molar-refractivity contribution in [3.8, 4) is 0 Å². The Morgan fingerprint density at radius 1 is 1.56 bits per heavy atom. The molecule has 0 amide bonds. The summed E-state index contributed by atoms with van der Waals surface area (Å²) in [6.45, 7) is 1.75. The molecule has 1 aromatic rings. The Morgan fingerprint density at radius 2 is 2.22 bits per heavy atom. The number of nitrogens with two attached hydrogens (primary N) is 2. The fraction of sp³-hybridized carbons (Fsp3) is 0.455. The molecule has 4 N–H and O–H groups in total. The van der Waals surface area contributed by atoms with Crippen LogP contribution in [0.4, 0.5) is 14.6 Å². The zero-order valence-electron chi connectivity index (χ0n) is 9.95. The number of halogens is 2. The van der Waals surface area contributed by atoms with Crippen molar-refractivity contribution in [1.29, 1.82) is 0 Å². The summed E-state index contributed by atoms with van der Waals surface area (Å²) >= 11 is 0.